The molecular formula is C26H48N5O+. The van der Waals surface area contributed by atoms with Crippen molar-refractivity contribution in [2.24, 2.45) is 16.5 Å². The molecule has 1 atom stereocenters. The smallest absolute Gasteiger partial charge is 0.274 e. The maximum absolute atomic E-state index is 11.3. The topological polar surface area (TPSA) is 90.9 Å². The Balaban J connectivity index is 1.60. The van der Waals surface area contributed by atoms with Crippen LogP contribution in [0.25, 0.3) is 0 Å². The van der Waals surface area contributed by atoms with Gasteiger partial charge in [-0.1, -0.05) is 57.4 Å². The molecule has 5 N–H and O–H groups in total. The van der Waals surface area contributed by atoms with E-state index in [1.54, 1.807) is 0 Å². The summed E-state index contributed by atoms with van der Waals surface area (Å²) >= 11 is 0. The van der Waals surface area contributed by atoms with Crippen LogP contribution in [0.1, 0.15) is 96.3 Å². The van der Waals surface area contributed by atoms with Gasteiger partial charge in [-0.3, -0.25) is 9.57 Å². The third kappa shape index (κ3) is 9.35. The summed E-state index contributed by atoms with van der Waals surface area (Å²) in [5, 5.41) is 11.3. The first-order valence-electron chi connectivity index (χ1n) is 13.0. The number of unbranched alkanes of at least 4 members (excludes halogenated alkanes) is 11. The molecule has 0 saturated carbocycles. The van der Waals surface area contributed by atoms with Crippen molar-refractivity contribution in [2.75, 3.05) is 26.2 Å². The highest BCUT2D eigenvalue weighted by atomic mass is 16.3. The molecule has 1 unspecified atom stereocenters. The highest BCUT2D eigenvalue weighted by Gasteiger charge is 2.46. The maximum atomic E-state index is 11.3. The van der Waals surface area contributed by atoms with Crippen molar-refractivity contribution < 1.29 is 9.68 Å². The Kier molecular flexibility index (Phi) is 12.5. The predicted molar refractivity (Wildman–Crippen MR) is 136 cm³/mol. The molecule has 0 radical (unpaired) electrons. The average Bonchev–Trinajstić information content (AvgIpc) is 3.12. The van der Waals surface area contributed by atoms with Crippen molar-refractivity contribution in [1.82, 2.24) is 4.90 Å². The molecule has 0 aromatic carbocycles. The SMILES string of the molecule is C=CCCCCCCCCCCCCC1(O)C=CC2=[N+](CCCCN=C(N)N)CCCN21. The number of allylic oxidation sites excluding steroid dienone is 1. The first-order valence-corrected chi connectivity index (χ1v) is 13.0. The van der Waals surface area contributed by atoms with Crippen LogP contribution in [0.2, 0.25) is 0 Å². The summed E-state index contributed by atoms with van der Waals surface area (Å²) in [5.41, 5.74) is 9.98. The van der Waals surface area contributed by atoms with Crippen LogP contribution >= 0.6 is 0 Å². The average molecular weight is 447 g/mol. The molecule has 0 bridgehead atoms. The van der Waals surface area contributed by atoms with E-state index < -0.39 is 5.72 Å². The summed E-state index contributed by atoms with van der Waals surface area (Å²) in [6.07, 6.45) is 24.3. The zero-order valence-electron chi connectivity index (χ0n) is 20.3. The molecule has 0 aliphatic carbocycles. The van der Waals surface area contributed by atoms with Crippen LogP contribution in [-0.4, -0.2) is 58.3 Å². The molecule has 2 aliphatic heterocycles. The van der Waals surface area contributed by atoms with Crippen molar-refractivity contribution in [2.45, 2.75) is 102 Å². The van der Waals surface area contributed by atoms with Crippen LogP contribution < -0.4 is 11.5 Å². The van der Waals surface area contributed by atoms with Gasteiger partial charge in [0.1, 0.15) is 0 Å². The number of nitrogens with two attached hydrogens (primary N) is 2. The van der Waals surface area contributed by atoms with Gasteiger partial charge in [-0.15, -0.1) is 6.58 Å². The lowest BCUT2D eigenvalue weighted by Gasteiger charge is -2.32. The summed E-state index contributed by atoms with van der Waals surface area (Å²) in [7, 11) is 0. The third-order valence-corrected chi connectivity index (χ3v) is 6.71. The second-order valence-corrected chi connectivity index (χ2v) is 9.44. The number of hydrogen-bond acceptors (Lipinski definition) is 3. The van der Waals surface area contributed by atoms with Gasteiger partial charge in [-0.2, -0.15) is 0 Å². The molecule has 182 valence electrons. The highest BCUT2D eigenvalue weighted by molar-refractivity contribution is 5.92. The van der Waals surface area contributed by atoms with E-state index in [0.717, 1.165) is 58.2 Å². The first kappa shape index (κ1) is 26.4. The Morgan fingerprint density at radius 2 is 1.69 bits per heavy atom. The summed E-state index contributed by atoms with van der Waals surface area (Å²) in [4.78, 5) is 6.28. The minimum atomic E-state index is -0.794. The molecular weight excluding hydrogens is 398 g/mol. The second-order valence-electron chi connectivity index (χ2n) is 9.44. The number of nitrogens with zero attached hydrogens (tertiary/aromatic N) is 3. The highest BCUT2D eigenvalue weighted by Crippen LogP contribution is 2.30. The van der Waals surface area contributed by atoms with E-state index in [2.05, 4.69) is 27.1 Å². The van der Waals surface area contributed by atoms with E-state index >= 15 is 0 Å². The molecule has 0 saturated heterocycles. The van der Waals surface area contributed by atoms with Gasteiger partial charge in [0.2, 0.25) is 5.72 Å². The predicted octanol–water partition coefficient (Wildman–Crippen LogP) is 4.28. The van der Waals surface area contributed by atoms with E-state index in [0.29, 0.717) is 6.54 Å². The van der Waals surface area contributed by atoms with E-state index in [9.17, 15) is 5.11 Å². The maximum Gasteiger partial charge on any atom is 0.274 e. The molecule has 32 heavy (non-hydrogen) atoms. The van der Waals surface area contributed by atoms with Gasteiger partial charge in [0.25, 0.3) is 5.84 Å². The molecule has 0 fully saturated rings. The number of guanidine groups is 1. The number of rotatable bonds is 18. The van der Waals surface area contributed by atoms with Gasteiger partial charge in [0, 0.05) is 25.5 Å². The van der Waals surface area contributed by atoms with Crippen molar-refractivity contribution in [3.05, 3.63) is 24.8 Å². The monoisotopic (exact) mass is 446 g/mol. The number of fused-ring (bicyclic) bond motifs is 1. The Hall–Kier alpha value is -1.82. The van der Waals surface area contributed by atoms with E-state index in [1.165, 1.54) is 63.6 Å². The fourth-order valence-corrected chi connectivity index (χ4v) is 4.86. The van der Waals surface area contributed by atoms with Gasteiger partial charge in [0.05, 0.1) is 19.6 Å². The Morgan fingerprint density at radius 1 is 1.03 bits per heavy atom. The minimum Gasteiger partial charge on any atom is -0.370 e. The summed E-state index contributed by atoms with van der Waals surface area (Å²) in [5.74, 6) is 1.36. The van der Waals surface area contributed by atoms with Crippen LogP contribution in [0.5, 0.6) is 0 Å². The molecule has 0 spiro atoms. The first-order chi connectivity index (χ1) is 15.6. The molecule has 2 rings (SSSR count). The Labute approximate surface area is 196 Å². The van der Waals surface area contributed by atoms with Crippen LogP contribution in [0.15, 0.2) is 29.8 Å². The van der Waals surface area contributed by atoms with Gasteiger partial charge in [-0.05, 0) is 38.2 Å². The molecule has 0 aromatic rings. The largest absolute Gasteiger partial charge is 0.370 e. The fourth-order valence-electron chi connectivity index (χ4n) is 4.86. The lowest BCUT2D eigenvalue weighted by atomic mass is 10.0. The molecule has 2 aliphatic rings. The van der Waals surface area contributed by atoms with Gasteiger partial charge >= 0.3 is 0 Å². The van der Waals surface area contributed by atoms with Gasteiger partial charge < -0.3 is 16.6 Å². The number of amidine groups is 1. The normalized spacial score (nSPS) is 20.0. The van der Waals surface area contributed by atoms with Crippen molar-refractivity contribution in [3.8, 4) is 0 Å². The Morgan fingerprint density at radius 3 is 2.34 bits per heavy atom. The molecule has 6 nitrogen and oxygen atoms in total. The molecule has 6 heteroatoms. The quantitative estimate of drug-likeness (QED) is 0.0963. The minimum absolute atomic E-state index is 0.169. The van der Waals surface area contributed by atoms with Gasteiger partial charge in [0.15, 0.2) is 5.96 Å². The zero-order chi connectivity index (χ0) is 23.1. The third-order valence-electron chi connectivity index (χ3n) is 6.71. The summed E-state index contributed by atoms with van der Waals surface area (Å²) in [6.45, 7) is 7.45. The van der Waals surface area contributed by atoms with Crippen LogP contribution in [-0.2, 0) is 0 Å². The van der Waals surface area contributed by atoms with Crippen LogP contribution in [0, 0.1) is 0 Å². The number of aliphatic hydroxyl groups is 1. The van der Waals surface area contributed by atoms with E-state index in [-0.39, 0.29) is 5.96 Å². The standard InChI is InChI=1S/C26H48N5O/c1-2-3-4-5-6-7-8-9-10-11-12-13-18-26(32)19-17-24-30(22-16-23-31(24)26)21-15-14-20-29-25(27)28/h2,17,19,32H,1,3-16,18,20-23H2,(H4,27,28,29)/q+1. The lowest BCUT2D eigenvalue weighted by Crippen LogP contribution is -2.52. The molecule has 0 aromatic heterocycles. The van der Waals surface area contributed by atoms with Gasteiger partial charge in [-0.25, -0.2) is 4.90 Å². The second kappa shape index (κ2) is 15.1. The molecule has 2 heterocycles. The van der Waals surface area contributed by atoms with Crippen LogP contribution in [0.4, 0.5) is 0 Å². The fraction of sp³-hybridized carbons (Fsp3) is 0.769. The van der Waals surface area contributed by atoms with Crippen LogP contribution in [0.3, 0.4) is 0 Å². The summed E-state index contributed by atoms with van der Waals surface area (Å²) in [6, 6.07) is 0. The number of aliphatic imine (C=N–C) groups is 1. The van der Waals surface area contributed by atoms with E-state index in [1.807, 2.05) is 12.2 Å². The zero-order valence-corrected chi connectivity index (χ0v) is 20.3. The van der Waals surface area contributed by atoms with Crippen molar-refractivity contribution >= 4 is 11.8 Å². The Bertz CT molecular complexity index is 638. The molecule has 0 amide bonds. The summed E-state index contributed by atoms with van der Waals surface area (Å²) < 4.78 is 2.41. The van der Waals surface area contributed by atoms with Crippen molar-refractivity contribution in [1.29, 1.82) is 0 Å². The van der Waals surface area contributed by atoms with Crippen molar-refractivity contribution in [3.63, 3.8) is 0 Å². The lowest BCUT2D eigenvalue weighted by molar-refractivity contribution is -0.539. The van der Waals surface area contributed by atoms with E-state index in [4.69, 9.17) is 11.5 Å². The number of hydrogen-bond donors (Lipinski definition) is 3.